The summed E-state index contributed by atoms with van der Waals surface area (Å²) in [7, 11) is 0. The Hall–Kier alpha value is -0.0800. The zero-order valence-corrected chi connectivity index (χ0v) is 5.82. The first-order chi connectivity index (χ1) is 4.93. The van der Waals surface area contributed by atoms with E-state index in [0.717, 1.165) is 12.5 Å². The molecule has 0 spiro atoms. The summed E-state index contributed by atoms with van der Waals surface area (Å²) in [5.41, 5.74) is 0. The van der Waals surface area contributed by atoms with Gasteiger partial charge in [0, 0.05) is 0 Å². The molecule has 55 valence electrons. The highest BCUT2D eigenvalue weighted by Gasteiger charge is 2.51. The van der Waals surface area contributed by atoms with Gasteiger partial charge >= 0.3 is 0 Å². The van der Waals surface area contributed by atoms with Crippen molar-refractivity contribution in [2.24, 2.45) is 5.92 Å². The Bertz CT molecular complexity index is 153. The van der Waals surface area contributed by atoms with Crippen molar-refractivity contribution >= 4 is 0 Å². The van der Waals surface area contributed by atoms with Crippen LogP contribution in [-0.4, -0.2) is 24.9 Å². The summed E-state index contributed by atoms with van der Waals surface area (Å²) in [5, 5.41) is 0. The Morgan fingerprint density at radius 3 is 2.70 bits per heavy atom. The van der Waals surface area contributed by atoms with Gasteiger partial charge in [-0.3, -0.25) is 0 Å². The molecule has 4 atom stereocenters. The predicted molar refractivity (Wildman–Crippen MR) is 35.4 cm³/mol. The first-order valence-corrected chi connectivity index (χ1v) is 4.05. The van der Waals surface area contributed by atoms with Crippen LogP contribution in [0.4, 0.5) is 0 Å². The highest BCUT2D eigenvalue weighted by Crippen LogP contribution is 2.45. The van der Waals surface area contributed by atoms with Crippen LogP contribution in [0, 0.1) is 12.3 Å². The lowest BCUT2D eigenvalue weighted by atomic mass is 10.0. The molecule has 0 amide bonds. The Labute approximate surface area is 60.5 Å². The van der Waals surface area contributed by atoms with Crippen molar-refractivity contribution in [1.29, 1.82) is 0 Å². The van der Waals surface area contributed by atoms with Crippen molar-refractivity contribution in [3.8, 4) is 0 Å². The van der Waals surface area contributed by atoms with Gasteiger partial charge in [0.2, 0.25) is 0 Å². The highest BCUT2D eigenvalue weighted by molar-refractivity contribution is 5.06. The molecule has 0 aromatic heterocycles. The van der Waals surface area contributed by atoms with Gasteiger partial charge in [0.1, 0.15) is 0 Å². The standard InChI is InChI=1S/C8H11O2/c1-2-7-8(10-7)5(1)3-6-4-9-6/h3,5-8H,1-2,4H2. The molecule has 4 unspecified atom stereocenters. The molecule has 1 aliphatic carbocycles. The second kappa shape index (κ2) is 1.74. The number of ether oxygens (including phenoxy) is 2. The van der Waals surface area contributed by atoms with E-state index >= 15 is 0 Å². The van der Waals surface area contributed by atoms with E-state index in [9.17, 15) is 0 Å². The summed E-state index contributed by atoms with van der Waals surface area (Å²) in [6.45, 7) is 0.952. The molecule has 1 radical (unpaired) electrons. The normalized spacial score (nSPS) is 56.4. The summed E-state index contributed by atoms with van der Waals surface area (Å²) >= 11 is 0. The van der Waals surface area contributed by atoms with Crippen molar-refractivity contribution in [3.63, 3.8) is 0 Å². The molecule has 1 saturated carbocycles. The maximum absolute atomic E-state index is 5.41. The van der Waals surface area contributed by atoms with Crippen molar-refractivity contribution in [2.75, 3.05) is 6.61 Å². The van der Waals surface area contributed by atoms with E-state index in [-0.39, 0.29) is 0 Å². The van der Waals surface area contributed by atoms with Crippen molar-refractivity contribution in [2.45, 2.75) is 31.2 Å². The molecule has 2 aliphatic heterocycles. The molecule has 0 aromatic rings. The van der Waals surface area contributed by atoms with E-state index in [4.69, 9.17) is 9.47 Å². The zero-order chi connectivity index (χ0) is 6.55. The summed E-state index contributed by atoms with van der Waals surface area (Å²) in [5.74, 6) is 0.720. The number of hydrogen-bond donors (Lipinski definition) is 0. The molecule has 2 heterocycles. The third-order valence-corrected chi connectivity index (χ3v) is 2.65. The van der Waals surface area contributed by atoms with Crippen LogP contribution in [0.2, 0.25) is 0 Å². The largest absolute Gasteiger partial charge is 0.373 e. The van der Waals surface area contributed by atoms with Gasteiger partial charge in [0.05, 0.1) is 24.9 Å². The maximum atomic E-state index is 5.41. The molecule has 0 bridgehead atoms. The third-order valence-electron chi connectivity index (χ3n) is 2.65. The van der Waals surface area contributed by atoms with Crippen LogP contribution in [0.1, 0.15) is 12.8 Å². The Morgan fingerprint density at radius 2 is 2.20 bits per heavy atom. The number of rotatable bonds is 2. The summed E-state index contributed by atoms with van der Waals surface area (Å²) in [4.78, 5) is 0. The smallest absolute Gasteiger partial charge is 0.0873 e. The number of hydrogen-bond acceptors (Lipinski definition) is 2. The average molecular weight is 139 g/mol. The summed E-state index contributed by atoms with van der Waals surface area (Å²) in [6, 6.07) is 0. The van der Waals surface area contributed by atoms with E-state index < -0.39 is 0 Å². The fourth-order valence-corrected chi connectivity index (χ4v) is 1.93. The second-order valence-corrected chi connectivity index (χ2v) is 3.44. The van der Waals surface area contributed by atoms with Crippen LogP contribution in [0.3, 0.4) is 0 Å². The Kier molecular flexibility index (Phi) is 0.968. The van der Waals surface area contributed by atoms with Gasteiger partial charge in [-0.2, -0.15) is 0 Å². The van der Waals surface area contributed by atoms with Gasteiger partial charge in [-0.25, -0.2) is 0 Å². The van der Waals surface area contributed by atoms with Crippen LogP contribution < -0.4 is 0 Å². The summed E-state index contributed by atoms with van der Waals surface area (Å²) in [6.07, 6.45) is 6.63. The monoisotopic (exact) mass is 139 g/mol. The van der Waals surface area contributed by atoms with Crippen LogP contribution in [0.15, 0.2) is 0 Å². The first kappa shape index (κ1) is 5.56. The molecule has 3 rings (SSSR count). The summed E-state index contributed by atoms with van der Waals surface area (Å²) < 4.78 is 10.5. The first-order valence-electron chi connectivity index (χ1n) is 4.05. The zero-order valence-electron chi connectivity index (χ0n) is 5.82. The molecule has 10 heavy (non-hydrogen) atoms. The second-order valence-electron chi connectivity index (χ2n) is 3.44. The van der Waals surface area contributed by atoms with Gasteiger partial charge in [-0.1, -0.05) is 0 Å². The minimum Gasteiger partial charge on any atom is -0.373 e. The lowest BCUT2D eigenvalue weighted by Gasteiger charge is -2.05. The van der Waals surface area contributed by atoms with Crippen LogP contribution in [0.25, 0.3) is 0 Å². The van der Waals surface area contributed by atoms with Gasteiger partial charge < -0.3 is 9.47 Å². The fraction of sp³-hybridized carbons (Fsp3) is 0.875. The van der Waals surface area contributed by atoms with Crippen molar-refractivity contribution in [3.05, 3.63) is 6.42 Å². The Balaban J connectivity index is 1.60. The number of fused-ring (bicyclic) bond motifs is 1. The maximum Gasteiger partial charge on any atom is 0.0873 e. The predicted octanol–water partition coefficient (Wildman–Crippen LogP) is 0.767. The van der Waals surface area contributed by atoms with E-state index in [1.165, 1.54) is 12.8 Å². The topological polar surface area (TPSA) is 25.1 Å². The molecular weight excluding hydrogens is 128 g/mol. The van der Waals surface area contributed by atoms with Crippen LogP contribution in [-0.2, 0) is 9.47 Å². The molecule has 0 N–H and O–H groups in total. The van der Waals surface area contributed by atoms with Crippen LogP contribution >= 0.6 is 0 Å². The fourth-order valence-electron chi connectivity index (χ4n) is 1.93. The highest BCUT2D eigenvalue weighted by atomic mass is 16.6. The van der Waals surface area contributed by atoms with E-state index in [1.54, 1.807) is 0 Å². The Morgan fingerprint density at radius 1 is 1.30 bits per heavy atom. The van der Waals surface area contributed by atoms with E-state index in [2.05, 4.69) is 6.42 Å². The third kappa shape index (κ3) is 0.789. The van der Waals surface area contributed by atoms with Crippen molar-refractivity contribution in [1.82, 2.24) is 0 Å². The molecule has 0 aromatic carbocycles. The molecule has 2 heteroatoms. The molecule has 3 fully saturated rings. The minimum absolute atomic E-state index is 0.480. The van der Waals surface area contributed by atoms with Gasteiger partial charge in [-0.05, 0) is 25.2 Å². The SMILES string of the molecule is [CH](C1CO1)C1CCC2OC12. The van der Waals surface area contributed by atoms with Gasteiger partial charge in [0.25, 0.3) is 0 Å². The van der Waals surface area contributed by atoms with E-state index in [1.807, 2.05) is 0 Å². The quantitative estimate of drug-likeness (QED) is 0.528. The average Bonchev–Trinajstić information content (AvgIpc) is 2.74. The lowest BCUT2D eigenvalue weighted by molar-refractivity contribution is 0.274. The minimum atomic E-state index is 0.480. The molecule has 2 saturated heterocycles. The lowest BCUT2D eigenvalue weighted by Crippen LogP contribution is -2.07. The molecular formula is C8H11O2. The van der Waals surface area contributed by atoms with E-state index in [0.29, 0.717) is 18.3 Å². The van der Waals surface area contributed by atoms with Crippen molar-refractivity contribution < 1.29 is 9.47 Å². The molecule has 3 aliphatic rings. The molecule has 2 nitrogen and oxygen atoms in total. The van der Waals surface area contributed by atoms with Gasteiger partial charge in [0.15, 0.2) is 0 Å². The van der Waals surface area contributed by atoms with Crippen LogP contribution in [0.5, 0.6) is 0 Å². The number of epoxide rings is 2. The van der Waals surface area contributed by atoms with Gasteiger partial charge in [-0.15, -0.1) is 0 Å².